The van der Waals surface area contributed by atoms with Crippen molar-refractivity contribution in [3.8, 4) is 0 Å². The van der Waals surface area contributed by atoms with Crippen LogP contribution in [0.3, 0.4) is 0 Å². The van der Waals surface area contributed by atoms with Crippen LogP contribution in [0.1, 0.15) is 44.6 Å². The predicted octanol–water partition coefficient (Wildman–Crippen LogP) is 3.47. The summed E-state index contributed by atoms with van der Waals surface area (Å²) >= 11 is 0. The molecule has 1 heterocycles. The van der Waals surface area contributed by atoms with Crippen molar-refractivity contribution in [2.24, 2.45) is 0 Å². The molecule has 0 aliphatic carbocycles. The minimum atomic E-state index is -0.243. The summed E-state index contributed by atoms with van der Waals surface area (Å²) in [5.41, 5.74) is 4.05. The number of aryl methyl sites for hydroxylation is 1. The summed E-state index contributed by atoms with van der Waals surface area (Å²) in [5.74, 6) is -0.0167. The maximum Gasteiger partial charge on any atom is 0.241 e. The molecule has 1 aromatic heterocycles. The summed E-state index contributed by atoms with van der Waals surface area (Å²) in [4.78, 5) is 14.4. The molecule has 0 radical (unpaired) electrons. The number of nitrogens with zero attached hydrogens (tertiary/aromatic N) is 2. The van der Waals surface area contributed by atoms with Gasteiger partial charge in [0.25, 0.3) is 0 Å². The number of amides is 1. The van der Waals surface area contributed by atoms with Gasteiger partial charge in [0.2, 0.25) is 5.91 Å². The van der Waals surface area contributed by atoms with Crippen LogP contribution < -0.4 is 5.32 Å². The Hall–Kier alpha value is -2.14. The topological polar surface area (TPSA) is 61.0 Å². The van der Waals surface area contributed by atoms with E-state index in [4.69, 9.17) is 0 Å². The van der Waals surface area contributed by atoms with Crippen molar-refractivity contribution in [2.75, 3.05) is 12.4 Å². The largest absolute Gasteiger partial charge is 0.325 e. The van der Waals surface area contributed by atoms with Crippen molar-refractivity contribution in [1.82, 2.24) is 15.1 Å². The third kappa shape index (κ3) is 4.68. The Balaban J connectivity index is 1.95. The van der Waals surface area contributed by atoms with Crippen molar-refractivity contribution < 1.29 is 4.79 Å². The van der Waals surface area contributed by atoms with Crippen molar-refractivity contribution in [3.63, 3.8) is 0 Å². The van der Waals surface area contributed by atoms with E-state index < -0.39 is 0 Å². The molecular weight excluding hydrogens is 300 g/mol. The van der Waals surface area contributed by atoms with Gasteiger partial charge in [0.05, 0.1) is 11.7 Å². The van der Waals surface area contributed by atoms with E-state index >= 15 is 0 Å². The van der Waals surface area contributed by atoms with Gasteiger partial charge in [0, 0.05) is 23.3 Å². The molecule has 130 valence electrons. The molecule has 1 atom stereocenters. The molecule has 2 aromatic rings. The number of hydrogen-bond donors (Lipinski definition) is 2. The smallest absolute Gasteiger partial charge is 0.241 e. The van der Waals surface area contributed by atoms with E-state index in [1.54, 1.807) is 0 Å². The highest BCUT2D eigenvalue weighted by Gasteiger charge is 2.21. The minimum Gasteiger partial charge on any atom is -0.325 e. The molecule has 2 rings (SSSR count). The van der Waals surface area contributed by atoms with Gasteiger partial charge in [-0.15, -0.1) is 0 Å². The van der Waals surface area contributed by atoms with Gasteiger partial charge in [0.1, 0.15) is 0 Å². The van der Waals surface area contributed by atoms with Crippen LogP contribution in [0.2, 0.25) is 0 Å². The van der Waals surface area contributed by atoms with Crippen LogP contribution >= 0.6 is 0 Å². The zero-order valence-electron chi connectivity index (χ0n) is 15.5. The molecule has 2 N–H and O–H groups in total. The van der Waals surface area contributed by atoms with E-state index in [9.17, 15) is 4.79 Å². The Bertz CT molecular complexity index is 682. The van der Waals surface area contributed by atoms with Crippen molar-refractivity contribution in [2.45, 2.75) is 52.6 Å². The fourth-order valence-electron chi connectivity index (χ4n) is 2.32. The number of anilines is 1. The Kier molecular flexibility index (Phi) is 5.44. The first kappa shape index (κ1) is 18.2. The number of aromatic amines is 1. The van der Waals surface area contributed by atoms with E-state index in [1.165, 1.54) is 5.56 Å². The Morgan fingerprint density at radius 1 is 1.29 bits per heavy atom. The highest BCUT2D eigenvalue weighted by Crippen LogP contribution is 2.21. The van der Waals surface area contributed by atoms with Gasteiger partial charge in [-0.05, 0) is 39.1 Å². The molecule has 0 saturated heterocycles. The molecule has 0 saturated carbocycles. The van der Waals surface area contributed by atoms with Crippen molar-refractivity contribution in [3.05, 3.63) is 47.3 Å². The second kappa shape index (κ2) is 7.18. The number of rotatable bonds is 5. The molecule has 0 aliphatic rings. The Labute approximate surface area is 144 Å². The maximum absolute atomic E-state index is 12.4. The molecule has 24 heavy (non-hydrogen) atoms. The summed E-state index contributed by atoms with van der Waals surface area (Å²) in [7, 11) is 1.94. The van der Waals surface area contributed by atoms with E-state index in [0.717, 1.165) is 17.1 Å². The molecule has 0 bridgehead atoms. The zero-order chi connectivity index (χ0) is 17.9. The van der Waals surface area contributed by atoms with Crippen LogP contribution in [0, 0.1) is 6.92 Å². The quantitative estimate of drug-likeness (QED) is 0.883. The van der Waals surface area contributed by atoms with Crippen LogP contribution in [-0.2, 0) is 16.8 Å². The van der Waals surface area contributed by atoms with Gasteiger partial charge in [0.15, 0.2) is 0 Å². The SMILES string of the molecule is Cc1ccc(NC(=O)C(C)N(C)Cc2cc(C(C)(C)C)n[nH]2)cc1. The predicted molar refractivity (Wildman–Crippen MR) is 98.0 cm³/mol. The molecule has 1 aromatic carbocycles. The third-order valence-electron chi connectivity index (χ3n) is 4.18. The van der Waals surface area contributed by atoms with Gasteiger partial charge in [-0.2, -0.15) is 5.10 Å². The minimum absolute atomic E-state index is 0.0156. The van der Waals surface area contributed by atoms with E-state index in [2.05, 4.69) is 42.4 Å². The van der Waals surface area contributed by atoms with Crippen molar-refractivity contribution in [1.29, 1.82) is 0 Å². The molecule has 5 heteroatoms. The van der Waals surface area contributed by atoms with E-state index in [1.807, 2.05) is 50.1 Å². The zero-order valence-corrected chi connectivity index (χ0v) is 15.5. The molecule has 0 fully saturated rings. The molecule has 1 amide bonds. The summed E-state index contributed by atoms with van der Waals surface area (Å²) in [6, 6.07) is 9.65. The molecular formula is C19H28N4O. The average Bonchev–Trinajstić information content (AvgIpc) is 2.97. The number of carbonyl (C=O) groups is 1. The van der Waals surface area contributed by atoms with Gasteiger partial charge in [-0.1, -0.05) is 38.5 Å². The van der Waals surface area contributed by atoms with Crippen LogP contribution in [0.4, 0.5) is 5.69 Å². The third-order valence-corrected chi connectivity index (χ3v) is 4.18. The highest BCUT2D eigenvalue weighted by atomic mass is 16.2. The van der Waals surface area contributed by atoms with Gasteiger partial charge < -0.3 is 5.32 Å². The van der Waals surface area contributed by atoms with Crippen LogP contribution in [0.5, 0.6) is 0 Å². The Morgan fingerprint density at radius 2 is 1.92 bits per heavy atom. The number of carbonyl (C=O) groups excluding carboxylic acids is 1. The first-order valence-corrected chi connectivity index (χ1v) is 8.29. The number of likely N-dealkylation sites (N-methyl/N-ethyl adjacent to an activating group) is 1. The fraction of sp³-hybridized carbons (Fsp3) is 0.474. The van der Waals surface area contributed by atoms with Gasteiger partial charge >= 0.3 is 0 Å². The van der Waals surface area contributed by atoms with Crippen LogP contribution in [0.25, 0.3) is 0 Å². The van der Waals surface area contributed by atoms with Crippen LogP contribution in [0.15, 0.2) is 30.3 Å². The monoisotopic (exact) mass is 328 g/mol. The average molecular weight is 328 g/mol. The summed E-state index contributed by atoms with van der Waals surface area (Å²) < 4.78 is 0. The summed E-state index contributed by atoms with van der Waals surface area (Å²) in [5, 5.41) is 10.4. The lowest BCUT2D eigenvalue weighted by molar-refractivity contribution is -0.120. The molecule has 0 spiro atoms. The number of hydrogen-bond acceptors (Lipinski definition) is 3. The number of aromatic nitrogens is 2. The summed E-state index contributed by atoms with van der Waals surface area (Å²) in [6.07, 6.45) is 0. The molecule has 1 unspecified atom stereocenters. The number of nitrogens with one attached hydrogen (secondary N) is 2. The normalized spacial score (nSPS) is 13.1. The first-order chi connectivity index (χ1) is 11.2. The van der Waals surface area contributed by atoms with E-state index in [0.29, 0.717) is 6.54 Å². The van der Waals surface area contributed by atoms with Crippen LogP contribution in [-0.4, -0.2) is 34.1 Å². The summed E-state index contributed by atoms with van der Waals surface area (Å²) in [6.45, 7) is 11.0. The number of benzene rings is 1. The first-order valence-electron chi connectivity index (χ1n) is 8.29. The lowest BCUT2D eigenvalue weighted by atomic mass is 9.92. The fourth-order valence-corrected chi connectivity index (χ4v) is 2.32. The lowest BCUT2D eigenvalue weighted by Gasteiger charge is -2.23. The van der Waals surface area contributed by atoms with Gasteiger partial charge in [-0.25, -0.2) is 0 Å². The standard InChI is InChI=1S/C19H28N4O/c1-13-7-9-15(10-8-13)20-18(24)14(2)23(6)12-16-11-17(22-21-16)19(3,4)5/h7-11,14H,12H2,1-6H3,(H,20,24)(H,21,22). The second-order valence-electron chi connectivity index (χ2n) is 7.47. The van der Waals surface area contributed by atoms with E-state index in [-0.39, 0.29) is 17.4 Å². The maximum atomic E-state index is 12.4. The molecule has 0 aliphatic heterocycles. The van der Waals surface area contributed by atoms with Gasteiger partial charge in [-0.3, -0.25) is 14.8 Å². The lowest BCUT2D eigenvalue weighted by Crippen LogP contribution is -2.39. The molecule has 5 nitrogen and oxygen atoms in total. The van der Waals surface area contributed by atoms with Crippen molar-refractivity contribution >= 4 is 11.6 Å². The highest BCUT2D eigenvalue weighted by molar-refractivity contribution is 5.94. The second-order valence-corrected chi connectivity index (χ2v) is 7.47. The Morgan fingerprint density at radius 3 is 2.46 bits per heavy atom. The number of H-pyrrole nitrogens is 1.